The summed E-state index contributed by atoms with van der Waals surface area (Å²) in [6.45, 7) is 3.67. The van der Waals surface area contributed by atoms with Gasteiger partial charge < -0.3 is 4.74 Å². The van der Waals surface area contributed by atoms with E-state index in [1.54, 1.807) is 0 Å². The van der Waals surface area contributed by atoms with Crippen LogP contribution in [0.1, 0.15) is 52.4 Å². The SMILES string of the molecule is CC(C)OC(=O)CCC1CCCCC1=O. The minimum absolute atomic E-state index is 0.0560. The minimum Gasteiger partial charge on any atom is -0.463 e. The molecule has 0 aromatic carbocycles. The van der Waals surface area contributed by atoms with Gasteiger partial charge in [-0.1, -0.05) is 6.42 Å². The molecule has 0 radical (unpaired) electrons. The number of hydrogen-bond donors (Lipinski definition) is 0. The van der Waals surface area contributed by atoms with Gasteiger partial charge in [-0.2, -0.15) is 0 Å². The van der Waals surface area contributed by atoms with Crippen LogP contribution in [0, 0.1) is 5.92 Å². The Morgan fingerprint density at radius 3 is 2.80 bits per heavy atom. The maximum atomic E-state index is 11.5. The molecule has 0 spiro atoms. The Morgan fingerprint density at radius 2 is 2.20 bits per heavy atom. The zero-order valence-corrected chi connectivity index (χ0v) is 9.62. The van der Waals surface area contributed by atoms with Crippen LogP contribution in [0.3, 0.4) is 0 Å². The number of carbonyl (C=O) groups excluding carboxylic acids is 2. The smallest absolute Gasteiger partial charge is 0.306 e. The highest BCUT2D eigenvalue weighted by molar-refractivity contribution is 5.82. The second-order valence-corrected chi connectivity index (χ2v) is 4.49. The predicted octanol–water partition coefficient (Wildman–Crippen LogP) is 2.48. The van der Waals surface area contributed by atoms with Gasteiger partial charge in [0.2, 0.25) is 0 Å². The molecule has 1 aliphatic rings. The molecular formula is C12H20O3. The summed E-state index contributed by atoms with van der Waals surface area (Å²) in [5.74, 6) is 0.264. The van der Waals surface area contributed by atoms with Gasteiger partial charge in [0.1, 0.15) is 5.78 Å². The van der Waals surface area contributed by atoms with Gasteiger partial charge in [0.15, 0.2) is 0 Å². The maximum absolute atomic E-state index is 11.5. The van der Waals surface area contributed by atoms with Crippen molar-refractivity contribution in [3.05, 3.63) is 0 Å². The van der Waals surface area contributed by atoms with Crippen LogP contribution in [-0.4, -0.2) is 17.9 Å². The summed E-state index contributed by atoms with van der Waals surface area (Å²) in [7, 11) is 0. The summed E-state index contributed by atoms with van der Waals surface area (Å²) in [4.78, 5) is 22.7. The van der Waals surface area contributed by atoms with Gasteiger partial charge in [-0.3, -0.25) is 9.59 Å². The second-order valence-electron chi connectivity index (χ2n) is 4.49. The number of esters is 1. The molecule has 0 N–H and O–H groups in total. The first-order valence-electron chi connectivity index (χ1n) is 5.82. The van der Waals surface area contributed by atoms with Crippen LogP contribution in [0.5, 0.6) is 0 Å². The zero-order chi connectivity index (χ0) is 11.3. The highest BCUT2D eigenvalue weighted by Crippen LogP contribution is 2.24. The molecule has 1 saturated carbocycles. The highest BCUT2D eigenvalue weighted by Gasteiger charge is 2.22. The highest BCUT2D eigenvalue weighted by atomic mass is 16.5. The van der Waals surface area contributed by atoms with Gasteiger partial charge in [-0.05, 0) is 33.1 Å². The van der Waals surface area contributed by atoms with Crippen molar-refractivity contribution < 1.29 is 14.3 Å². The second kappa shape index (κ2) is 5.89. The lowest BCUT2D eigenvalue weighted by Crippen LogP contribution is -2.21. The van der Waals surface area contributed by atoms with Gasteiger partial charge >= 0.3 is 5.97 Å². The molecule has 3 heteroatoms. The minimum atomic E-state index is -0.177. The fraction of sp³-hybridized carbons (Fsp3) is 0.833. The van der Waals surface area contributed by atoms with Crippen LogP contribution >= 0.6 is 0 Å². The van der Waals surface area contributed by atoms with Crippen molar-refractivity contribution in [3.8, 4) is 0 Å². The van der Waals surface area contributed by atoms with E-state index in [0.717, 1.165) is 19.3 Å². The van der Waals surface area contributed by atoms with E-state index in [0.29, 0.717) is 25.0 Å². The lowest BCUT2D eigenvalue weighted by Gasteiger charge is -2.19. The summed E-state index contributed by atoms with van der Waals surface area (Å²) < 4.78 is 5.03. The van der Waals surface area contributed by atoms with Gasteiger partial charge in [-0.25, -0.2) is 0 Å². The number of hydrogen-bond acceptors (Lipinski definition) is 3. The first-order valence-corrected chi connectivity index (χ1v) is 5.82. The third-order valence-electron chi connectivity index (χ3n) is 2.75. The predicted molar refractivity (Wildman–Crippen MR) is 57.4 cm³/mol. The molecule has 1 unspecified atom stereocenters. The Bertz CT molecular complexity index is 233. The molecule has 0 saturated heterocycles. The van der Waals surface area contributed by atoms with E-state index in [1.165, 1.54) is 0 Å². The van der Waals surface area contributed by atoms with E-state index in [9.17, 15) is 9.59 Å². The number of ether oxygens (including phenoxy) is 1. The summed E-state index contributed by atoms with van der Waals surface area (Å²) in [6.07, 6.45) is 4.79. The van der Waals surface area contributed by atoms with Crippen LogP contribution in [-0.2, 0) is 14.3 Å². The normalized spacial score (nSPS) is 21.8. The molecular weight excluding hydrogens is 192 g/mol. The summed E-state index contributed by atoms with van der Waals surface area (Å²) >= 11 is 0. The quantitative estimate of drug-likeness (QED) is 0.672. The average Bonchev–Trinajstić information content (AvgIpc) is 2.15. The summed E-state index contributed by atoms with van der Waals surface area (Å²) in [5.41, 5.74) is 0. The third-order valence-corrected chi connectivity index (χ3v) is 2.75. The summed E-state index contributed by atoms with van der Waals surface area (Å²) in [5, 5.41) is 0. The number of carbonyl (C=O) groups is 2. The molecule has 1 aliphatic carbocycles. The molecule has 0 bridgehead atoms. The van der Waals surface area contributed by atoms with Crippen LogP contribution in [0.4, 0.5) is 0 Å². The number of rotatable bonds is 4. The zero-order valence-electron chi connectivity index (χ0n) is 9.62. The molecule has 0 amide bonds. The molecule has 3 nitrogen and oxygen atoms in total. The number of ketones is 1. The third kappa shape index (κ3) is 4.45. The van der Waals surface area contributed by atoms with E-state index < -0.39 is 0 Å². The van der Waals surface area contributed by atoms with Crippen LogP contribution in [0.2, 0.25) is 0 Å². The van der Waals surface area contributed by atoms with Crippen molar-refractivity contribution in [2.24, 2.45) is 5.92 Å². The van der Waals surface area contributed by atoms with Gasteiger partial charge in [-0.15, -0.1) is 0 Å². The fourth-order valence-electron chi connectivity index (χ4n) is 1.97. The van der Waals surface area contributed by atoms with Crippen molar-refractivity contribution in [3.63, 3.8) is 0 Å². The monoisotopic (exact) mass is 212 g/mol. The lowest BCUT2D eigenvalue weighted by molar-refractivity contribution is -0.147. The Hall–Kier alpha value is -0.860. The Morgan fingerprint density at radius 1 is 1.47 bits per heavy atom. The maximum Gasteiger partial charge on any atom is 0.306 e. The van der Waals surface area contributed by atoms with Crippen molar-refractivity contribution in [2.75, 3.05) is 0 Å². The van der Waals surface area contributed by atoms with Crippen molar-refractivity contribution in [2.45, 2.75) is 58.5 Å². The van der Waals surface area contributed by atoms with Gasteiger partial charge in [0, 0.05) is 18.8 Å². The van der Waals surface area contributed by atoms with Gasteiger partial charge in [0.25, 0.3) is 0 Å². The van der Waals surface area contributed by atoms with E-state index in [4.69, 9.17) is 4.74 Å². The lowest BCUT2D eigenvalue weighted by atomic mass is 9.85. The van der Waals surface area contributed by atoms with E-state index >= 15 is 0 Å². The Kier molecular flexibility index (Phi) is 4.79. The van der Waals surface area contributed by atoms with E-state index in [2.05, 4.69) is 0 Å². The molecule has 1 rings (SSSR count). The Balaban J connectivity index is 2.23. The average molecular weight is 212 g/mol. The van der Waals surface area contributed by atoms with Crippen molar-refractivity contribution in [1.29, 1.82) is 0 Å². The van der Waals surface area contributed by atoms with Crippen molar-refractivity contribution in [1.82, 2.24) is 0 Å². The Labute approximate surface area is 91.2 Å². The molecule has 0 heterocycles. The topological polar surface area (TPSA) is 43.4 Å². The van der Waals surface area contributed by atoms with E-state index in [-0.39, 0.29) is 18.0 Å². The number of Topliss-reactive ketones (excluding diaryl/α,β-unsaturated/α-hetero) is 1. The molecule has 0 aliphatic heterocycles. The molecule has 0 aromatic heterocycles. The molecule has 15 heavy (non-hydrogen) atoms. The molecule has 0 aromatic rings. The molecule has 1 atom stereocenters. The first-order chi connectivity index (χ1) is 7.09. The van der Waals surface area contributed by atoms with Crippen LogP contribution in [0.25, 0.3) is 0 Å². The van der Waals surface area contributed by atoms with Crippen LogP contribution in [0.15, 0.2) is 0 Å². The molecule has 86 valence electrons. The largest absolute Gasteiger partial charge is 0.463 e. The van der Waals surface area contributed by atoms with E-state index in [1.807, 2.05) is 13.8 Å². The standard InChI is InChI=1S/C12H20O3/c1-9(2)15-12(14)8-7-10-5-3-4-6-11(10)13/h9-10H,3-8H2,1-2H3. The van der Waals surface area contributed by atoms with Gasteiger partial charge in [0.05, 0.1) is 6.10 Å². The van der Waals surface area contributed by atoms with Crippen molar-refractivity contribution >= 4 is 11.8 Å². The fourth-order valence-corrected chi connectivity index (χ4v) is 1.97. The van der Waals surface area contributed by atoms with Crippen LogP contribution < -0.4 is 0 Å². The summed E-state index contributed by atoms with van der Waals surface area (Å²) in [6, 6.07) is 0. The first kappa shape index (κ1) is 12.2. The molecule has 1 fully saturated rings.